The number of benzene rings is 2. The van der Waals surface area contributed by atoms with Gasteiger partial charge in [-0.3, -0.25) is 14.2 Å². The zero-order valence-corrected chi connectivity index (χ0v) is 13.6. The van der Waals surface area contributed by atoms with Crippen molar-refractivity contribution >= 4 is 16.7 Å². The molecule has 0 aliphatic rings. The van der Waals surface area contributed by atoms with Gasteiger partial charge in [-0.1, -0.05) is 0 Å². The average molecular weight is 317 g/mol. The lowest BCUT2D eigenvalue weighted by molar-refractivity contribution is 0.101. The Labute approximate surface area is 138 Å². The Morgan fingerprint density at radius 1 is 1.21 bits per heavy atom. The molecule has 0 fully saturated rings. The van der Waals surface area contributed by atoms with Crippen LogP contribution in [0.15, 0.2) is 41.2 Å². The van der Waals surface area contributed by atoms with Crippen molar-refractivity contribution in [1.29, 1.82) is 5.26 Å². The highest BCUT2D eigenvalue weighted by Crippen LogP contribution is 2.22. The molecule has 0 saturated heterocycles. The fraction of sp³-hybridized carbons (Fsp3) is 0.158. The first kappa shape index (κ1) is 15.6. The molecule has 0 radical (unpaired) electrons. The van der Waals surface area contributed by atoms with E-state index in [0.29, 0.717) is 33.4 Å². The van der Waals surface area contributed by atoms with Crippen LogP contribution < -0.4 is 5.56 Å². The summed E-state index contributed by atoms with van der Waals surface area (Å²) in [4.78, 5) is 29.3. The van der Waals surface area contributed by atoms with Gasteiger partial charge in [-0.25, -0.2) is 4.98 Å². The van der Waals surface area contributed by atoms with E-state index in [0.717, 1.165) is 5.56 Å². The van der Waals surface area contributed by atoms with Crippen molar-refractivity contribution in [2.75, 3.05) is 0 Å². The van der Waals surface area contributed by atoms with Gasteiger partial charge in [-0.15, -0.1) is 0 Å². The van der Waals surface area contributed by atoms with Crippen LogP contribution in [0, 0.1) is 18.3 Å². The number of carbonyl (C=O) groups is 1. The van der Waals surface area contributed by atoms with E-state index in [9.17, 15) is 9.59 Å². The fourth-order valence-corrected chi connectivity index (χ4v) is 2.74. The van der Waals surface area contributed by atoms with Gasteiger partial charge in [0.2, 0.25) is 0 Å². The predicted octanol–water partition coefficient (Wildman–Crippen LogP) is 2.98. The highest BCUT2D eigenvalue weighted by atomic mass is 16.1. The fourth-order valence-electron chi connectivity index (χ4n) is 2.74. The van der Waals surface area contributed by atoms with Crippen LogP contribution in [0.5, 0.6) is 0 Å². The Hall–Kier alpha value is -3.26. The topological polar surface area (TPSA) is 75.8 Å². The van der Waals surface area contributed by atoms with Crippen molar-refractivity contribution < 1.29 is 4.79 Å². The number of hydrogen-bond donors (Lipinski definition) is 0. The smallest absolute Gasteiger partial charge is 0.261 e. The van der Waals surface area contributed by atoms with Crippen molar-refractivity contribution in [2.45, 2.75) is 13.8 Å². The molecular formula is C19H15N3O2. The number of Topliss-reactive ketones (excluding diaryl/α,β-unsaturated/α-hetero) is 1. The third-order valence-electron chi connectivity index (χ3n) is 3.98. The third kappa shape index (κ3) is 2.48. The van der Waals surface area contributed by atoms with E-state index in [1.807, 2.05) is 6.92 Å². The van der Waals surface area contributed by atoms with E-state index in [4.69, 9.17) is 5.26 Å². The van der Waals surface area contributed by atoms with Crippen LogP contribution in [0.25, 0.3) is 22.3 Å². The van der Waals surface area contributed by atoms with Gasteiger partial charge in [-0.05, 0) is 55.8 Å². The Bertz CT molecular complexity index is 1070. The van der Waals surface area contributed by atoms with E-state index >= 15 is 0 Å². The molecule has 1 aromatic heterocycles. The molecule has 24 heavy (non-hydrogen) atoms. The molecule has 0 N–H and O–H groups in total. The molecule has 0 saturated carbocycles. The first-order valence-corrected chi connectivity index (χ1v) is 7.45. The predicted molar refractivity (Wildman–Crippen MR) is 91.9 cm³/mol. The number of fused-ring (bicyclic) bond motifs is 1. The average Bonchev–Trinajstić information content (AvgIpc) is 2.58. The second-order valence-corrected chi connectivity index (χ2v) is 5.75. The highest BCUT2D eigenvalue weighted by molar-refractivity contribution is 6.05. The summed E-state index contributed by atoms with van der Waals surface area (Å²) in [6.45, 7) is 3.31. The lowest BCUT2D eigenvalue weighted by atomic mass is 10.0. The monoisotopic (exact) mass is 317 g/mol. The van der Waals surface area contributed by atoms with Crippen molar-refractivity contribution in [1.82, 2.24) is 9.55 Å². The van der Waals surface area contributed by atoms with Crippen LogP contribution >= 0.6 is 0 Å². The molecule has 0 aliphatic carbocycles. The minimum Gasteiger partial charge on any atom is -0.295 e. The van der Waals surface area contributed by atoms with Crippen molar-refractivity contribution in [3.05, 3.63) is 63.4 Å². The zero-order valence-electron chi connectivity index (χ0n) is 13.6. The van der Waals surface area contributed by atoms with Gasteiger partial charge in [0.1, 0.15) is 5.82 Å². The molecule has 2 aromatic carbocycles. The summed E-state index contributed by atoms with van der Waals surface area (Å²) in [5, 5.41) is 9.33. The lowest BCUT2D eigenvalue weighted by Gasteiger charge is -2.12. The van der Waals surface area contributed by atoms with E-state index in [2.05, 4.69) is 11.1 Å². The number of ketones is 1. The molecular weight excluding hydrogens is 302 g/mol. The summed E-state index contributed by atoms with van der Waals surface area (Å²) in [6.07, 6.45) is 0. The van der Waals surface area contributed by atoms with Crippen LogP contribution in [0.1, 0.15) is 28.4 Å². The van der Waals surface area contributed by atoms with Crippen molar-refractivity contribution in [3.8, 4) is 17.5 Å². The molecule has 3 aromatic rings. The van der Waals surface area contributed by atoms with Crippen LogP contribution in [0.4, 0.5) is 0 Å². The number of rotatable bonds is 2. The van der Waals surface area contributed by atoms with Crippen LogP contribution in [-0.4, -0.2) is 15.3 Å². The lowest BCUT2D eigenvalue weighted by Crippen LogP contribution is -2.21. The molecule has 0 aliphatic heterocycles. The normalized spacial score (nSPS) is 10.6. The molecule has 5 nitrogen and oxygen atoms in total. The zero-order chi connectivity index (χ0) is 17.4. The second kappa shape index (κ2) is 5.74. The minimum absolute atomic E-state index is 0.129. The third-order valence-corrected chi connectivity index (χ3v) is 3.98. The molecule has 118 valence electrons. The summed E-state index contributed by atoms with van der Waals surface area (Å²) in [6, 6.07) is 12.4. The van der Waals surface area contributed by atoms with E-state index in [-0.39, 0.29) is 11.3 Å². The van der Waals surface area contributed by atoms with E-state index < -0.39 is 0 Å². The maximum atomic E-state index is 12.7. The number of nitrogens with zero attached hydrogens (tertiary/aromatic N) is 3. The number of hydrogen-bond acceptors (Lipinski definition) is 4. The largest absolute Gasteiger partial charge is 0.295 e. The van der Waals surface area contributed by atoms with Crippen molar-refractivity contribution in [3.63, 3.8) is 0 Å². The van der Waals surface area contributed by atoms with Crippen LogP contribution in [0.3, 0.4) is 0 Å². The molecule has 5 heteroatoms. The maximum Gasteiger partial charge on any atom is 0.261 e. The Morgan fingerprint density at radius 3 is 2.46 bits per heavy atom. The molecule has 0 unspecified atom stereocenters. The summed E-state index contributed by atoms with van der Waals surface area (Å²) >= 11 is 0. The van der Waals surface area contributed by atoms with Crippen molar-refractivity contribution in [2.24, 2.45) is 7.05 Å². The SMILES string of the molecule is CC(=O)c1cc(C)cc2c(=O)n(C)c(-c3ccc(C#N)cc3)nc12. The minimum atomic E-state index is -0.203. The molecule has 0 atom stereocenters. The summed E-state index contributed by atoms with van der Waals surface area (Å²) < 4.78 is 1.47. The Kier molecular flexibility index (Phi) is 3.74. The van der Waals surface area contributed by atoms with Gasteiger partial charge >= 0.3 is 0 Å². The van der Waals surface area contributed by atoms with Gasteiger partial charge in [-0.2, -0.15) is 5.26 Å². The van der Waals surface area contributed by atoms with E-state index in [1.165, 1.54) is 11.5 Å². The summed E-state index contributed by atoms with van der Waals surface area (Å²) in [5.41, 5.74) is 2.74. The Balaban J connectivity index is 2.38. The van der Waals surface area contributed by atoms with Crippen LogP contribution in [0.2, 0.25) is 0 Å². The number of aromatic nitrogens is 2. The highest BCUT2D eigenvalue weighted by Gasteiger charge is 2.15. The van der Waals surface area contributed by atoms with Gasteiger partial charge in [0.15, 0.2) is 5.78 Å². The standard InChI is InChI=1S/C19H15N3O2/c1-11-8-15(12(2)23)17-16(9-11)19(24)22(3)18(21-17)14-6-4-13(10-20)5-7-14/h4-9H,1-3H3. The van der Waals surface area contributed by atoms with Crippen LogP contribution in [-0.2, 0) is 7.05 Å². The van der Waals surface area contributed by atoms with Gasteiger partial charge in [0.25, 0.3) is 5.56 Å². The number of aryl methyl sites for hydroxylation is 1. The molecule has 1 heterocycles. The molecule has 0 amide bonds. The molecule has 3 rings (SSSR count). The quantitative estimate of drug-likeness (QED) is 0.681. The number of carbonyl (C=O) groups excluding carboxylic acids is 1. The maximum absolute atomic E-state index is 12.7. The molecule has 0 spiro atoms. The van der Waals surface area contributed by atoms with Gasteiger partial charge in [0, 0.05) is 18.2 Å². The first-order valence-electron chi connectivity index (χ1n) is 7.45. The second-order valence-electron chi connectivity index (χ2n) is 5.75. The van der Waals surface area contributed by atoms with Gasteiger partial charge < -0.3 is 0 Å². The van der Waals surface area contributed by atoms with E-state index in [1.54, 1.807) is 43.4 Å². The summed E-state index contributed by atoms with van der Waals surface area (Å²) in [7, 11) is 1.65. The van der Waals surface area contributed by atoms with Gasteiger partial charge in [0.05, 0.1) is 22.5 Å². The molecule has 0 bridgehead atoms. The summed E-state index contributed by atoms with van der Waals surface area (Å²) in [5.74, 6) is 0.332. The Morgan fingerprint density at radius 2 is 1.88 bits per heavy atom. The number of nitriles is 1. The first-order chi connectivity index (χ1) is 11.4.